The number of benzene rings is 3. The van der Waals surface area contributed by atoms with Gasteiger partial charge in [-0.1, -0.05) is 60.7 Å². The van der Waals surface area contributed by atoms with Gasteiger partial charge in [0.05, 0.1) is 12.7 Å². The second-order valence-electron chi connectivity index (χ2n) is 5.77. The number of hydrogen-bond donors (Lipinski definition) is 1. The summed E-state index contributed by atoms with van der Waals surface area (Å²) < 4.78 is 10.8. The molecule has 3 rings (SSSR count). The monoisotopic (exact) mass is 347 g/mol. The van der Waals surface area contributed by atoms with Crippen molar-refractivity contribution in [1.82, 2.24) is 0 Å². The van der Waals surface area contributed by atoms with Gasteiger partial charge in [0.15, 0.2) is 0 Å². The number of ether oxygens (including phenoxy) is 2. The molecule has 0 unspecified atom stereocenters. The zero-order valence-electron chi connectivity index (χ0n) is 14.6. The van der Waals surface area contributed by atoms with Crippen LogP contribution in [0, 0.1) is 0 Å². The van der Waals surface area contributed by atoms with Crippen LogP contribution in [0.25, 0.3) is 0 Å². The molecule has 0 amide bonds. The molecule has 132 valence electrons. The molecular weight excluding hydrogens is 326 g/mol. The maximum Gasteiger partial charge on any atom is 0.339 e. The van der Waals surface area contributed by atoms with Crippen LogP contribution in [0.3, 0.4) is 0 Å². The van der Waals surface area contributed by atoms with Gasteiger partial charge in [-0.15, -0.1) is 0 Å². The highest BCUT2D eigenvalue weighted by atomic mass is 16.5. The third-order valence-corrected chi connectivity index (χ3v) is 4.01. The molecule has 3 aromatic carbocycles. The summed E-state index contributed by atoms with van der Waals surface area (Å²) >= 11 is 0. The van der Waals surface area contributed by atoms with E-state index in [-0.39, 0.29) is 5.97 Å². The molecule has 0 atom stereocenters. The van der Waals surface area contributed by atoms with Crippen molar-refractivity contribution in [3.05, 3.63) is 95.6 Å². The lowest BCUT2D eigenvalue weighted by molar-refractivity contribution is 0.0602. The molecule has 0 saturated carbocycles. The van der Waals surface area contributed by atoms with Crippen molar-refractivity contribution in [2.45, 2.75) is 13.2 Å². The van der Waals surface area contributed by atoms with Crippen LogP contribution in [0.2, 0.25) is 0 Å². The molecule has 0 radical (unpaired) electrons. The first-order valence-electron chi connectivity index (χ1n) is 8.44. The van der Waals surface area contributed by atoms with Crippen LogP contribution in [0.4, 0.5) is 5.69 Å². The summed E-state index contributed by atoms with van der Waals surface area (Å²) in [6, 6.07) is 25.2. The fourth-order valence-electron chi connectivity index (χ4n) is 2.64. The molecular formula is C22H21NO3. The molecule has 0 spiro atoms. The van der Waals surface area contributed by atoms with Crippen molar-refractivity contribution >= 4 is 11.7 Å². The van der Waals surface area contributed by atoms with Crippen molar-refractivity contribution < 1.29 is 14.3 Å². The minimum Gasteiger partial charge on any atom is -0.489 e. The van der Waals surface area contributed by atoms with Gasteiger partial charge in [0.25, 0.3) is 0 Å². The molecule has 0 aromatic heterocycles. The molecule has 26 heavy (non-hydrogen) atoms. The average molecular weight is 347 g/mol. The topological polar surface area (TPSA) is 47.6 Å². The Morgan fingerprint density at radius 1 is 0.885 bits per heavy atom. The van der Waals surface area contributed by atoms with Gasteiger partial charge in [-0.05, 0) is 23.8 Å². The number of anilines is 1. The van der Waals surface area contributed by atoms with E-state index in [1.165, 1.54) is 7.11 Å². The second kappa shape index (κ2) is 8.72. The number of nitrogens with one attached hydrogen (secondary N) is 1. The van der Waals surface area contributed by atoms with Crippen molar-refractivity contribution in [2.75, 3.05) is 12.4 Å². The van der Waals surface area contributed by atoms with Gasteiger partial charge in [0.2, 0.25) is 0 Å². The van der Waals surface area contributed by atoms with Crippen LogP contribution < -0.4 is 10.1 Å². The number of hydrogen-bond acceptors (Lipinski definition) is 4. The highest BCUT2D eigenvalue weighted by molar-refractivity contribution is 5.95. The maximum atomic E-state index is 11.9. The predicted octanol–water partition coefficient (Wildman–Crippen LogP) is 4.66. The minimum absolute atomic E-state index is 0.360. The van der Waals surface area contributed by atoms with Gasteiger partial charge in [-0.25, -0.2) is 4.79 Å². The first-order chi connectivity index (χ1) is 12.8. The normalized spacial score (nSPS) is 10.2. The fraction of sp³-hybridized carbons (Fsp3) is 0.136. The highest BCUT2D eigenvalue weighted by Gasteiger charge is 2.11. The second-order valence-corrected chi connectivity index (χ2v) is 5.77. The van der Waals surface area contributed by atoms with E-state index in [9.17, 15) is 4.79 Å². The molecule has 0 saturated heterocycles. The molecule has 4 nitrogen and oxygen atoms in total. The molecule has 0 aliphatic heterocycles. The average Bonchev–Trinajstić information content (AvgIpc) is 2.71. The summed E-state index contributed by atoms with van der Waals surface area (Å²) in [5.74, 6) is 0.459. The standard InChI is InChI=1S/C22H21NO3/c1-25-22(24)19-12-6-7-13-20(19)23-15-18-11-5-8-14-21(18)26-16-17-9-3-2-4-10-17/h2-14,23H,15-16H2,1H3. The number of esters is 1. The van der Waals surface area contributed by atoms with E-state index in [0.717, 1.165) is 22.6 Å². The highest BCUT2D eigenvalue weighted by Crippen LogP contribution is 2.22. The van der Waals surface area contributed by atoms with Gasteiger partial charge in [-0.3, -0.25) is 0 Å². The fourth-order valence-corrected chi connectivity index (χ4v) is 2.64. The molecule has 4 heteroatoms. The first-order valence-corrected chi connectivity index (χ1v) is 8.44. The Balaban J connectivity index is 1.70. The molecule has 3 aromatic rings. The number of carbonyl (C=O) groups excluding carboxylic acids is 1. The minimum atomic E-state index is -0.360. The van der Waals surface area contributed by atoms with E-state index in [2.05, 4.69) is 5.32 Å². The summed E-state index contributed by atoms with van der Waals surface area (Å²) in [4.78, 5) is 11.9. The summed E-state index contributed by atoms with van der Waals surface area (Å²) in [5, 5.41) is 3.30. The Morgan fingerprint density at radius 2 is 1.58 bits per heavy atom. The molecule has 1 N–H and O–H groups in total. The molecule has 0 aliphatic carbocycles. The number of rotatable bonds is 7. The number of para-hydroxylation sites is 2. The van der Waals surface area contributed by atoms with Crippen molar-refractivity contribution in [3.63, 3.8) is 0 Å². The lowest BCUT2D eigenvalue weighted by Gasteiger charge is -2.14. The molecule has 0 heterocycles. The van der Waals surface area contributed by atoms with E-state index in [0.29, 0.717) is 18.7 Å². The molecule has 0 aliphatic rings. The number of methoxy groups -OCH3 is 1. The third-order valence-electron chi connectivity index (χ3n) is 4.01. The van der Waals surface area contributed by atoms with Gasteiger partial charge in [0.1, 0.15) is 12.4 Å². The Morgan fingerprint density at radius 3 is 2.38 bits per heavy atom. The van der Waals surface area contributed by atoms with Gasteiger partial charge >= 0.3 is 5.97 Å². The quantitative estimate of drug-likeness (QED) is 0.631. The Hall–Kier alpha value is -3.27. The van der Waals surface area contributed by atoms with E-state index < -0.39 is 0 Å². The van der Waals surface area contributed by atoms with Gasteiger partial charge in [0, 0.05) is 17.8 Å². The summed E-state index contributed by atoms with van der Waals surface area (Å²) in [7, 11) is 1.38. The Labute approximate surface area is 153 Å². The summed E-state index contributed by atoms with van der Waals surface area (Å²) in [6.07, 6.45) is 0. The van der Waals surface area contributed by atoms with Crippen molar-refractivity contribution in [3.8, 4) is 5.75 Å². The van der Waals surface area contributed by atoms with Crippen LogP contribution in [0.15, 0.2) is 78.9 Å². The van der Waals surface area contributed by atoms with Gasteiger partial charge < -0.3 is 14.8 Å². The van der Waals surface area contributed by atoms with Gasteiger partial charge in [-0.2, -0.15) is 0 Å². The van der Waals surface area contributed by atoms with Crippen LogP contribution in [-0.4, -0.2) is 13.1 Å². The Kier molecular flexibility index (Phi) is 5.88. The van der Waals surface area contributed by atoms with Crippen LogP contribution in [0.1, 0.15) is 21.5 Å². The maximum absolute atomic E-state index is 11.9. The van der Waals surface area contributed by atoms with E-state index >= 15 is 0 Å². The van der Waals surface area contributed by atoms with Crippen LogP contribution in [0.5, 0.6) is 5.75 Å². The summed E-state index contributed by atoms with van der Waals surface area (Å²) in [6.45, 7) is 1.05. The lowest BCUT2D eigenvalue weighted by atomic mass is 10.1. The summed E-state index contributed by atoms with van der Waals surface area (Å²) in [5.41, 5.74) is 3.38. The first kappa shape index (κ1) is 17.5. The molecule has 0 fully saturated rings. The van der Waals surface area contributed by atoms with Crippen molar-refractivity contribution in [2.24, 2.45) is 0 Å². The van der Waals surface area contributed by atoms with Crippen molar-refractivity contribution in [1.29, 1.82) is 0 Å². The SMILES string of the molecule is COC(=O)c1ccccc1NCc1ccccc1OCc1ccccc1. The van der Waals surface area contributed by atoms with E-state index in [1.54, 1.807) is 6.07 Å². The number of carbonyl (C=O) groups is 1. The Bertz CT molecular complexity index is 862. The largest absolute Gasteiger partial charge is 0.489 e. The lowest BCUT2D eigenvalue weighted by Crippen LogP contribution is -2.09. The van der Waals surface area contributed by atoms with Crippen LogP contribution in [-0.2, 0) is 17.9 Å². The van der Waals surface area contributed by atoms with E-state index in [4.69, 9.17) is 9.47 Å². The predicted molar refractivity (Wildman–Crippen MR) is 102 cm³/mol. The van der Waals surface area contributed by atoms with E-state index in [1.807, 2.05) is 72.8 Å². The smallest absolute Gasteiger partial charge is 0.339 e. The van der Waals surface area contributed by atoms with Crippen LogP contribution >= 0.6 is 0 Å². The zero-order chi connectivity index (χ0) is 18.2. The molecule has 0 bridgehead atoms. The third kappa shape index (κ3) is 4.42. The zero-order valence-corrected chi connectivity index (χ0v) is 14.6.